The number of hydrogen-bond acceptors (Lipinski definition) is 5. The van der Waals surface area contributed by atoms with Crippen LogP contribution in [0, 0.1) is 5.82 Å². The number of methoxy groups -OCH3 is 1. The van der Waals surface area contributed by atoms with Gasteiger partial charge in [0.1, 0.15) is 12.4 Å². The van der Waals surface area contributed by atoms with Gasteiger partial charge in [-0.05, 0) is 57.2 Å². The Morgan fingerprint density at radius 3 is 2.24 bits per heavy atom. The zero-order valence-electron chi connectivity index (χ0n) is 21.9. The van der Waals surface area contributed by atoms with Crippen LogP contribution in [0.3, 0.4) is 0 Å². The van der Waals surface area contributed by atoms with E-state index in [9.17, 15) is 18.8 Å². The molecule has 10 heteroatoms. The predicted octanol–water partition coefficient (Wildman–Crippen LogP) is 3.18. The van der Waals surface area contributed by atoms with Gasteiger partial charge in [-0.2, -0.15) is 0 Å². The predicted molar refractivity (Wildman–Crippen MR) is 141 cm³/mol. The second-order valence-electron chi connectivity index (χ2n) is 9.95. The van der Waals surface area contributed by atoms with E-state index in [1.165, 1.54) is 30.2 Å². The molecule has 4 amide bonds. The number of urea groups is 1. The molecule has 1 heterocycles. The highest BCUT2D eigenvalue weighted by Gasteiger charge is 2.24. The molecule has 0 aromatic heterocycles. The van der Waals surface area contributed by atoms with E-state index in [1.54, 1.807) is 18.2 Å². The molecule has 1 saturated heterocycles. The minimum Gasteiger partial charge on any atom is -0.383 e. The molecule has 0 unspecified atom stereocenters. The summed E-state index contributed by atoms with van der Waals surface area (Å²) in [6, 6.07) is 13.0. The number of amides is 4. The summed E-state index contributed by atoms with van der Waals surface area (Å²) in [4.78, 5) is 43.2. The summed E-state index contributed by atoms with van der Waals surface area (Å²) in [7, 11) is 1.49. The largest absolute Gasteiger partial charge is 0.383 e. The lowest BCUT2D eigenvalue weighted by Gasteiger charge is -2.37. The highest BCUT2D eigenvalue weighted by Crippen LogP contribution is 2.20. The fourth-order valence-electron chi connectivity index (χ4n) is 3.96. The van der Waals surface area contributed by atoms with E-state index in [4.69, 9.17) is 4.74 Å². The molecule has 1 aliphatic rings. The minimum atomic E-state index is -0.637. The van der Waals surface area contributed by atoms with Crippen LogP contribution in [0.4, 0.5) is 20.6 Å². The molecule has 200 valence electrons. The van der Waals surface area contributed by atoms with Gasteiger partial charge in [0, 0.05) is 56.7 Å². The van der Waals surface area contributed by atoms with Gasteiger partial charge in [-0.25, -0.2) is 9.18 Å². The Labute approximate surface area is 217 Å². The number of anilines is 2. The first-order chi connectivity index (χ1) is 17.6. The van der Waals surface area contributed by atoms with Crippen LogP contribution in [0.25, 0.3) is 0 Å². The molecule has 3 rings (SSSR count). The third-order valence-electron chi connectivity index (χ3n) is 5.86. The van der Waals surface area contributed by atoms with Gasteiger partial charge in [-0.15, -0.1) is 0 Å². The molecule has 0 saturated carbocycles. The maximum atomic E-state index is 14.1. The van der Waals surface area contributed by atoms with Crippen molar-refractivity contribution in [3.63, 3.8) is 0 Å². The van der Waals surface area contributed by atoms with Gasteiger partial charge >= 0.3 is 6.03 Å². The highest BCUT2D eigenvalue weighted by molar-refractivity contribution is 5.99. The SMILES string of the molecule is COCCN(CC(=O)Nc1ccc(N2CCN(C(=O)NC(C)(C)C)CC2)cc1)C(=O)c1ccccc1F. The van der Waals surface area contributed by atoms with E-state index in [0.29, 0.717) is 31.9 Å². The normalized spacial score (nSPS) is 13.8. The molecule has 9 nitrogen and oxygen atoms in total. The second kappa shape index (κ2) is 12.5. The number of hydrogen-bond donors (Lipinski definition) is 2. The number of nitrogens with zero attached hydrogens (tertiary/aromatic N) is 3. The molecule has 0 atom stereocenters. The van der Waals surface area contributed by atoms with Gasteiger partial charge in [-0.3, -0.25) is 9.59 Å². The van der Waals surface area contributed by atoms with Crippen LogP contribution in [0.15, 0.2) is 48.5 Å². The number of benzene rings is 2. The summed E-state index contributed by atoms with van der Waals surface area (Å²) in [5.74, 6) is -1.61. The van der Waals surface area contributed by atoms with E-state index in [-0.39, 0.29) is 36.8 Å². The van der Waals surface area contributed by atoms with Gasteiger partial charge in [0.25, 0.3) is 5.91 Å². The lowest BCUT2D eigenvalue weighted by atomic mass is 10.1. The number of halogens is 1. The van der Waals surface area contributed by atoms with Crippen molar-refractivity contribution in [3.05, 3.63) is 59.9 Å². The molecular formula is C27H36FN5O4. The zero-order chi connectivity index (χ0) is 27.0. The first-order valence-corrected chi connectivity index (χ1v) is 12.3. The smallest absolute Gasteiger partial charge is 0.317 e. The van der Waals surface area contributed by atoms with Gasteiger partial charge in [-0.1, -0.05) is 12.1 Å². The Morgan fingerprint density at radius 2 is 1.65 bits per heavy atom. The van der Waals surface area contributed by atoms with Crippen molar-refractivity contribution in [2.75, 3.05) is 63.2 Å². The summed E-state index contributed by atoms with van der Waals surface area (Å²) in [6.07, 6.45) is 0. The van der Waals surface area contributed by atoms with Crippen molar-refractivity contribution in [2.45, 2.75) is 26.3 Å². The van der Waals surface area contributed by atoms with E-state index in [1.807, 2.05) is 37.8 Å². The summed E-state index contributed by atoms with van der Waals surface area (Å²) < 4.78 is 19.2. The molecular weight excluding hydrogens is 477 g/mol. The average Bonchev–Trinajstić information content (AvgIpc) is 2.86. The van der Waals surface area contributed by atoms with Crippen LogP contribution in [0.2, 0.25) is 0 Å². The third kappa shape index (κ3) is 8.18. The summed E-state index contributed by atoms with van der Waals surface area (Å²) >= 11 is 0. The highest BCUT2D eigenvalue weighted by atomic mass is 19.1. The first-order valence-electron chi connectivity index (χ1n) is 12.3. The van der Waals surface area contributed by atoms with Crippen molar-refractivity contribution in [2.24, 2.45) is 0 Å². The van der Waals surface area contributed by atoms with Crippen LogP contribution < -0.4 is 15.5 Å². The molecule has 2 N–H and O–H groups in total. The lowest BCUT2D eigenvalue weighted by molar-refractivity contribution is -0.117. The van der Waals surface area contributed by atoms with Crippen molar-refractivity contribution in [1.29, 1.82) is 0 Å². The number of carbonyl (C=O) groups is 3. The maximum Gasteiger partial charge on any atom is 0.317 e. The molecule has 37 heavy (non-hydrogen) atoms. The molecule has 2 aromatic carbocycles. The minimum absolute atomic E-state index is 0.0572. The average molecular weight is 514 g/mol. The van der Waals surface area contributed by atoms with Crippen LogP contribution in [0.1, 0.15) is 31.1 Å². The van der Waals surface area contributed by atoms with Crippen molar-refractivity contribution in [1.82, 2.24) is 15.1 Å². The number of ether oxygens (including phenoxy) is 1. The van der Waals surface area contributed by atoms with E-state index < -0.39 is 17.6 Å². The van der Waals surface area contributed by atoms with Crippen LogP contribution in [-0.2, 0) is 9.53 Å². The van der Waals surface area contributed by atoms with Crippen LogP contribution in [0.5, 0.6) is 0 Å². The molecule has 0 aliphatic carbocycles. The zero-order valence-corrected chi connectivity index (χ0v) is 21.9. The van der Waals surface area contributed by atoms with Crippen molar-refractivity contribution >= 4 is 29.2 Å². The van der Waals surface area contributed by atoms with Gasteiger partial charge < -0.3 is 30.1 Å². The molecule has 0 radical (unpaired) electrons. The summed E-state index contributed by atoms with van der Waals surface area (Å²) in [6.45, 7) is 8.64. The van der Waals surface area contributed by atoms with Gasteiger partial charge in [0.15, 0.2) is 0 Å². The third-order valence-corrected chi connectivity index (χ3v) is 5.86. The molecule has 2 aromatic rings. The molecule has 0 bridgehead atoms. The monoisotopic (exact) mass is 513 g/mol. The Bertz CT molecular complexity index is 1080. The Kier molecular flexibility index (Phi) is 9.46. The lowest BCUT2D eigenvalue weighted by Crippen LogP contribution is -2.55. The fourth-order valence-corrected chi connectivity index (χ4v) is 3.96. The van der Waals surface area contributed by atoms with Crippen LogP contribution >= 0.6 is 0 Å². The van der Waals surface area contributed by atoms with Crippen LogP contribution in [-0.4, -0.2) is 86.2 Å². The second-order valence-corrected chi connectivity index (χ2v) is 9.95. The first kappa shape index (κ1) is 27.9. The number of nitrogens with one attached hydrogen (secondary N) is 2. The maximum absolute atomic E-state index is 14.1. The van der Waals surface area contributed by atoms with E-state index >= 15 is 0 Å². The van der Waals surface area contributed by atoms with Gasteiger partial charge in [0.2, 0.25) is 5.91 Å². The molecule has 1 fully saturated rings. The quantitative estimate of drug-likeness (QED) is 0.566. The Balaban J connectivity index is 1.55. The fraction of sp³-hybridized carbons (Fsp3) is 0.444. The standard InChI is InChI=1S/C27H36FN5O4/c1-27(2,3)30-26(36)32-15-13-31(14-16-32)21-11-9-20(10-12-21)29-24(34)19-33(17-18-37-4)25(35)22-7-5-6-8-23(22)28/h5-12H,13-19H2,1-4H3,(H,29,34)(H,30,36). The summed E-state index contributed by atoms with van der Waals surface area (Å²) in [5.41, 5.74) is 1.21. The van der Waals surface area contributed by atoms with E-state index in [0.717, 1.165) is 5.69 Å². The van der Waals surface area contributed by atoms with Gasteiger partial charge in [0.05, 0.1) is 12.2 Å². The Morgan fingerprint density at radius 1 is 1.00 bits per heavy atom. The molecule has 1 aliphatic heterocycles. The number of rotatable bonds is 8. The van der Waals surface area contributed by atoms with E-state index in [2.05, 4.69) is 15.5 Å². The Hall–Kier alpha value is -3.66. The molecule has 0 spiro atoms. The summed E-state index contributed by atoms with van der Waals surface area (Å²) in [5, 5.41) is 5.79. The van der Waals surface area contributed by atoms with Crippen molar-refractivity contribution < 1.29 is 23.5 Å². The number of carbonyl (C=O) groups excluding carboxylic acids is 3. The number of piperazine rings is 1. The topological polar surface area (TPSA) is 94.2 Å². The van der Waals surface area contributed by atoms with Crippen molar-refractivity contribution in [3.8, 4) is 0 Å².